The molecule has 0 amide bonds. The van der Waals surface area contributed by atoms with Gasteiger partial charge in [0.05, 0.1) is 14.2 Å². The predicted octanol–water partition coefficient (Wildman–Crippen LogP) is 2.91. The SMILES string of the molecule is COc1cc2c(cc1OC)C(=O)[C@](C)(c1ccccc1)NC2. The summed E-state index contributed by atoms with van der Waals surface area (Å²) in [4.78, 5) is 13.0. The minimum absolute atomic E-state index is 0.0425. The number of hydrogen-bond acceptors (Lipinski definition) is 4. The van der Waals surface area contributed by atoms with Gasteiger partial charge in [0.25, 0.3) is 0 Å². The molecule has 22 heavy (non-hydrogen) atoms. The number of nitrogens with one attached hydrogen (secondary N) is 1. The van der Waals surface area contributed by atoms with Gasteiger partial charge in [0.1, 0.15) is 5.54 Å². The van der Waals surface area contributed by atoms with Crippen LogP contribution in [0.25, 0.3) is 0 Å². The van der Waals surface area contributed by atoms with Crippen molar-refractivity contribution in [3.05, 3.63) is 59.2 Å². The number of benzene rings is 2. The van der Waals surface area contributed by atoms with Gasteiger partial charge in [0.2, 0.25) is 0 Å². The van der Waals surface area contributed by atoms with Crippen LogP contribution in [0.2, 0.25) is 0 Å². The number of carbonyl (C=O) groups is 1. The zero-order chi connectivity index (χ0) is 15.7. The van der Waals surface area contributed by atoms with Gasteiger partial charge >= 0.3 is 0 Å². The monoisotopic (exact) mass is 297 g/mol. The molecule has 1 N–H and O–H groups in total. The number of ketones is 1. The van der Waals surface area contributed by atoms with E-state index in [4.69, 9.17) is 9.47 Å². The number of methoxy groups -OCH3 is 2. The third-order valence-corrected chi connectivity index (χ3v) is 4.29. The summed E-state index contributed by atoms with van der Waals surface area (Å²) in [7, 11) is 3.17. The molecule has 0 bridgehead atoms. The van der Waals surface area contributed by atoms with Crippen LogP contribution in [-0.2, 0) is 12.1 Å². The Bertz CT molecular complexity index is 712. The van der Waals surface area contributed by atoms with Crippen LogP contribution in [0.3, 0.4) is 0 Å². The van der Waals surface area contributed by atoms with Crippen molar-refractivity contribution in [2.75, 3.05) is 14.2 Å². The average molecular weight is 297 g/mol. The van der Waals surface area contributed by atoms with E-state index in [1.54, 1.807) is 20.3 Å². The van der Waals surface area contributed by atoms with Crippen LogP contribution in [0.15, 0.2) is 42.5 Å². The molecule has 1 heterocycles. The first-order valence-corrected chi connectivity index (χ1v) is 7.20. The summed E-state index contributed by atoms with van der Waals surface area (Å²) in [6.07, 6.45) is 0. The lowest BCUT2D eigenvalue weighted by atomic mass is 9.79. The molecule has 2 aromatic rings. The fraction of sp³-hybridized carbons (Fsp3) is 0.278. The lowest BCUT2D eigenvalue weighted by molar-refractivity contribution is 0.0845. The van der Waals surface area contributed by atoms with E-state index in [1.807, 2.05) is 43.3 Å². The van der Waals surface area contributed by atoms with Gasteiger partial charge in [-0.15, -0.1) is 0 Å². The lowest BCUT2D eigenvalue weighted by Crippen LogP contribution is -2.49. The third kappa shape index (κ3) is 2.16. The van der Waals surface area contributed by atoms with Crippen LogP contribution >= 0.6 is 0 Å². The summed E-state index contributed by atoms with van der Waals surface area (Å²) >= 11 is 0. The maximum absolute atomic E-state index is 13.0. The molecule has 0 spiro atoms. The number of Topliss-reactive ketones (excluding diaryl/α,β-unsaturated/α-hetero) is 1. The number of carbonyl (C=O) groups excluding carboxylic acids is 1. The van der Waals surface area contributed by atoms with Crippen molar-refractivity contribution in [3.8, 4) is 11.5 Å². The van der Waals surface area contributed by atoms with Crippen molar-refractivity contribution in [2.24, 2.45) is 0 Å². The van der Waals surface area contributed by atoms with E-state index in [2.05, 4.69) is 5.32 Å². The van der Waals surface area contributed by atoms with Gasteiger partial charge in [0, 0.05) is 12.1 Å². The number of rotatable bonds is 3. The molecule has 0 aromatic heterocycles. The molecule has 1 aliphatic rings. The minimum Gasteiger partial charge on any atom is -0.493 e. The van der Waals surface area contributed by atoms with Crippen molar-refractivity contribution >= 4 is 5.78 Å². The van der Waals surface area contributed by atoms with Crippen molar-refractivity contribution in [1.29, 1.82) is 0 Å². The summed E-state index contributed by atoms with van der Waals surface area (Å²) in [5, 5.41) is 3.36. The normalized spacial score (nSPS) is 20.4. The van der Waals surface area contributed by atoms with Crippen LogP contribution in [0.5, 0.6) is 11.5 Å². The standard InChI is InChI=1S/C18H19NO3/c1-18(13-7-5-4-6-8-13)17(20)14-10-16(22-3)15(21-2)9-12(14)11-19-18/h4-10,19H,11H2,1-3H3/t18-/m0/s1. The fourth-order valence-electron chi connectivity index (χ4n) is 2.90. The molecule has 0 saturated heterocycles. The Morgan fingerprint density at radius 3 is 2.32 bits per heavy atom. The van der Waals surface area contributed by atoms with Crippen molar-refractivity contribution in [3.63, 3.8) is 0 Å². The van der Waals surface area contributed by atoms with Gasteiger partial charge in [-0.05, 0) is 30.2 Å². The molecular weight excluding hydrogens is 278 g/mol. The van der Waals surface area contributed by atoms with E-state index in [-0.39, 0.29) is 5.78 Å². The highest BCUT2D eigenvalue weighted by Crippen LogP contribution is 2.37. The summed E-state index contributed by atoms with van der Waals surface area (Å²) in [5.74, 6) is 1.26. The fourth-order valence-corrected chi connectivity index (χ4v) is 2.90. The molecule has 4 heteroatoms. The molecule has 0 unspecified atom stereocenters. The Labute approximate surface area is 130 Å². The quantitative estimate of drug-likeness (QED) is 0.946. The van der Waals surface area contributed by atoms with E-state index in [0.717, 1.165) is 11.1 Å². The van der Waals surface area contributed by atoms with E-state index in [1.165, 1.54) is 0 Å². The number of ether oxygens (including phenoxy) is 2. The summed E-state index contributed by atoms with van der Waals surface area (Å²) in [6.45, 7) is 2.52. The van der Waals surface area contributed by atoms with Crippen molar-refractivity contribution in [2.45, 2.75) is 19.0 Å². The molecule has 1 atom stereocenters. The Balaban J connectivity index is 2.09. The van der Waals surface area contributed by atoms with Gasteiger partial charge in [-0.1, -0.05) is 30.3 Å². The van der Waals surface area contributed by atoms with Crippen LogP contribution in [0.1, 0.15) is 28.4 Å². The second-order valence-electron chi connectivity index (χ2n) is 5.54. The molecule has 1 aliphatic heterocycles. The maximum Gasteiger partial charge on any atom is 0.187 e. The zero-order valence-corrected chi connectivity index (χ0v) is 13.0. The highest BCUT2D eigenvalue weighted by molar-refractivity contribution is 6.06. The first-order chi connectivity index (χ1) is 10.6. The predicted molar refractivity (Wildman–Crippen MR) is 84.5 cm³/mol. The summed E-state index contributed by atoms with van der Waals surface area (Å²) < 4.78 is 10.6. The van der Waals surface area contributed by atoms with Gasteiger partial charge in [-0.3, -0.25) is 10.1 Å². The van der Waals surface area contributed by atoms with Crippen molar-refractivity contribution < 1.29 is 14.3 Å². The van der Waals surface area contributed by atoms with Crippen LogP contribution in [-0.4, -0.2) is 20.0 Å². The Hall–Kier alpha value is -2.33. The van der Waals surface area contributed by atoms with Gasteiger partial charge in [-0.2, -0.15) is 0 Å². The average Bonchev–Trinajstić information content (AvgIpc) is 2.58. The van der Waals surface area contributed by atoms with Gasteiger partial charge in [0.15, 0.2) is 17.3 Å². The molecular formula is C18H19NO3. The van der Waals surface area contributed by atoms with Gasteiger partial charge in [-0.25, -0.2) is 0 Å². The molecule has 2 aromatic carbocycles. The Morgan fingerprint density at radius 2 is 1.68 bits per heavy atom. The topological polar surface area (TPSA) is 47.6 Å². The van der Waals surface area contributed by atoms with Crippen LogP contribution in [0.4, 0.5) is 0 Å². The van der Waals surface area contributed by atoms with E-state index in [0.29, 0.717) is 23.6 Å². The second-order valence-corrected chi connectivity index (χ2v) is 5.54. The van der Waals surface area contributed by atoms with Gasteiger partial charge < -0.3 is 9.47 Å². The highest BCUT2D eigenvalue weighted by atomic mass is 16.5. The number of fused-ring (bicyclic) bond motifs is 1. The minimum atomic E-state index is -0.728. The van der Waals surface area contributed by atoms with E-state index in [9.17, 15) is 4.79 Å². The summed E-state index contributed by atoms with van der Waals surface area (Å²) in [5.41, 5.74) is 1.84. The lowest BCUT2D eigenvalue weighted by Gasteiger charge is -2.35. The molecule has 4 nitrogen and oxygen atoms in total. The largest absolute Gasteiger partial charge is 0.493 e. The maximum atomic E-state index is 13.0. The summed E-state index contributed by atoms with van der Waals surface area (Å²) in [6, 6.07) is 13.4. The Morgan fingerprint density at radius 1 is 1.05 bits per heavy atom. The first kappa shape index (κ1) is 14.6. The van der Waals surface area contributed by atoms with E-state index >= 15 is 0 Å². The Kier molecular flexibility index (Phi) is 3.62. The van der Waals surface area contributed by atoms with E-state index < -0.39 is 5.54 Å². The smallest absolute Gasteiger partial charge is 0.187 e. The molecule has 0 fully saturated rings. The van der Waals surface area contributed by atoms with Crippen molar-refractivity contribution in [1.82, 2.24) is 5.32 Å². The number of hydrogen-bond donors (Lipinski definition) is 1. The molecule has 0 aliphatic carbocycles. The molecule has 114 valence electrons. The highest BCUT2D eigenvalue weighted by Gasteiger charge is 2.40. The van der Waals surface area contributed by atoms with Crippen LogP contribution < -0.4 is 14.8 Å². The molecule has 0 saturated carbocycles. The van der Waals surface area contributed by atoms with Crippen LogP contribution in [0, 0.1) is 0 Å². The molecule has 3 rings (SSSR count). The zero-order valence-electron chi connectivity index (χ0n) is 13.0. The third-order valence-electron chi connectivity index (χ3n) is 4.29. The first-order valence-electron chi connectivity index (χ1n) is 7.20. The molecule has 0 radical (unpaired) electrons. The second kappa shape index (κ2) is 5.46.